The minimum absolute atomic E-state index is 0.173. The van der Waals surface area contributed by atoms with Crippen LogP contribution in [-0.2, 0) is 6.54 Å². The molecule has 18 heavy (non-hydrogen) atoms. The molecule has 0 unspecified atom stereocenters. The van der Waals surface area contributed by atoms with E-state index in [4.69, 9.17) is 14.6 Å². The van der Waals surface area contributed by atoms with Crippen LogP contribution in [0.5, 0.6) is 11.5 Å². The van der Waals surface area contributed by atoms with Gasteiger partial charge in [0, 0.05) is 37.8 Å². The monoisotopic (exact) mass is 254 g/mol. The summed E-state index contributed by atoms with van der Waals surface area (Å²) in [6.07, 6.45) is 0. The first-order valence-corrected chi connectivity index (χ1v) is 6.05. The molecule has 0 spiro atoms. The van der Waals surface area contributed by atoms with Crippen molar-refractivity contribution >= 4 is 0 Å². The Kier molecular flexibility index (Phi) is 7.17. The van der Waals surface area contributed by atoms with Gasteiger partial charge in [0.25, 0.3) is 0 Å². The molecule has 1 aromatic rings. The molecular formula is C13H22N2O3. The van der Waals surface area contributed by atoms with E-state index in [9.17, 15) is 0 Å². The first-order valence-electron chi connectivity index (χ1n) is 6.05. The Morgan fingerprint density at radius 1 is 1.06 bits per heavy atom. The van der Waals surface area contributed by atoms with Gasteiger partial charge < -0.3 is 25.2 Å². The molecule has 3 N–H and O–H groups in total. The van der Waals surface area contributed by atoms with Gasteiger partial charge in [-0.25, -0.2) is 0 Å². The number of rotatable bonds is 9. The van der Waals surface area contributed by atoms with Crippen molar-refractivity contribution in [3.8, 4) is 11.5 Å². The highest BCUT2D eigenvalue weighted by atomic mass is 16.5. The molecule has 5 heteroatoms. The number of aliphatic hydroxyl groups is 1. The molecule has 0 heterocycles. The van der Waals surface area contributed by atoms with Crippen molar-refractivity contribution in [3.05, 3.63) is 23.8 Å². The molecule has 0 aliphatic carbocycles. The lowest BCUT2D eigenvalue weighted by molar-refractivity contribution is 0.292. The standard InChI is InChI=1S/C13H22N2O3/c1-17-12-4-3-11(13(9-12)18-2)10-15-6-5-14-7-8-16/h3-4,9,14-16H,5-8,10H2,1-2H3. The van der Waals surface area contributed by atoms with Gasteiger partial charge in [0.15, 0.2) is 0 Å². The topological polar surface area (TPSA) is 62.8 Å². The zero-order valence-electron chi connectivity index (χ0n) is 11.0. The largest absolute Gasteiger partial charge is 0.497 e. The van der Waals surface area contributed by atoms with Crippen LogP contribution >= 0.6 is 0 Å². The van der Waals surface area contributed by atoms with Crippen molar-refractivity contribution in [2.75, 3.05) is 40.5 Å². The third-order valence-electron chi connectivity index (χ3n) is 2.58. The Morgan fingerprint density at radius 2 is 1.83 bits per heavy atom. The van der Waals surface area contributed by atoms with Crippen molar-refractivity contribution < 1.29 is 14.6 Å². The third-order valence-corrected chi connectivity index (χ3v) is 2.58. The molecule has 1 aromatic carbocycles. The summed E-state index contributed by atoms with van der Waals surface area (Å²) in [5.41, 5.74) is 1.10. The Labute approximate surface area is 108 Å². The maximum absolute atomic E-state index is 8.61. The fourth-order valence-electron chi connectivity index (χ4n) is 1.60. The maximum Gasteiger partial charge on any atom is 0.127 e. The van der Waals surface area contributed by atoms with Gasteiger partial charge in [0.1, 0.15) is 11.5 Å². The highest BCUT2D eigenvalue weighted by molar-refractivity contribution is 5.40. The third kappa shape index (κ3) is 4.91. The van der Waals surface area contributed by atoms with Crippen molar-refractivity contribution in [3.63, 3.8) is 0 Å². The number of methoxy groups -OCH3 is 2. The number of hydrogen-bond acceptors (Lipinski definition) is 5. The molecule has 102 valence electrons. The van der Waals surface area contributed by atoms with Crippen molar-refractivity contribution in [1.82, 2.24) is 10.6 Å². The van der Waals surface area contributed by atoms with Crippen LogP contribution in [0.4, 0.5) is 0 Å². The first kappa shape index (κ1) is 14.8. The molecule has 0 radical (unpaired) electrons. The van der Waals surface area contributed by atoms with Gasteiger partial charge in [-0.2, -0.15) is 0 Å². The molecule has 0 bridgehead atoms. The summed E-state index contributed by atoms with van der Waals surface area (Å²) in [4.78, 5) is 0. The highest BCUT2D eigenvalue weighted by Gasteiger charge is 2.04. The van der Waals surface area contributed by atoms with E-state index >= 15 is 0 Å². The Morgan fingerprint density at radius 3 is 2.50 bits per heavy atom. The van der Waals surface area contributed by atoms with E-state index in [0.717, 1.165) is 36.7 Å². The average molecular weight is 254 g/mol. The quantitative estimate of drug-likeness (QED) is 0.556. The lowest BCUT2D eigenvalue weighted by Crippen LogP contribution is -2.28. The van der Waals surface area contributed by atoms with Gasteiger partial charge >= 0.3 is 0 Å². The molecule has 0 fully saturated rings. The van der Waals surface area contributed by atoms with Crippen LogP contribution in [-0.4, -0.2) is 45.6 Å². The minimum atomic E-state index is 0.173. The summed E-state index contributed by atoms with van der Waals surface area (Å²) < 4.78 is 10.5. The fraction of sp³-hybridized carbons (Fsp3) is 0.538. The zero-order valence-corrected chi connectivity index (χ0v) is 11.0. The van der Waals surface area contributed by atoms with E-state index in [1.54, 1.807) is 14.2 Å². The first-order chi connectivity index (χ1) is 8.81. The van der Waals surface area contributed by atoms with Crippen LogP contribution in [0.25, 0.3) is 0 Å². The molecule has 5 nitrogen and oxygen atoms in total. The van der Waals surface area contributed by atoms with Crippen LogP contribution in [0.3, 0.4) is 0 Å². The van der Waals surface area contributed by atoms with Crippen molar-refractivity contribution in [2.24, 2.45) is 0 Å². The van der Waals surface area contributed by atoms with Crippen LogP contribution in [0.2, 0.25) is 0 Å². The summed E-state index contributed by atoms with van der Waals surface area (Å²) in [6.45, 7) is 3.22. The van der Waals surface area contributed by atoms with Crippen molar-refractivity contribution in [2.45, 2.75) is 6.54 Å². The lowest BCUT2D eigenvalue weighted by Gasteiger charge is -2.11. The van der Waals surface area contributed by atoms with Gasteiger partial charge in [-0.1, -0.05) is 6.07 Å². The van der Waals surface area contributed by atoms with Gasteiger partial charge in [0.05, 0.1) is 20.8 Å². The van der Waals surface area contributed by atoms with Gasteiger partial charge in [-0.15, -0.1) is 0 Å². The predicted octanol–water partition coefficient (Wildman–Crippen LogP) is 0.375. The highest BCUT2D eigenvalue weighted by Crippen LogP contribution is 2.24. The Hall–Kier alpha value is -1.30. The fourth-order valence-corrected chi connectivity index (χ4v) is 1.60. The molecule has 0 aromatic heterocycles. The number of hydrogen-bond donors (Lipinski definition) is 3. The average Bonchev–Trinajstić information content (AvgIpc) is 2.42. The van der Waals surface area contributed by atoms with Crippen LogP contribution in [0.1, 0.15) is 5.56 Å². The summed E-state index contributed by atoms with van der Waals surface area (Å²) in [5, 5.41) is 15.0. The molecule has 0 saturated heterocycles. The smallest absolute Gasteiger partial charge is 0.127 e. The number of ether oxygens (including phenoxy) is 2. The van der Waals surface area contributed by atoms with Crippen molar-refractivity contribution in [1.29, 1.82) is 0 Å². The van der Waals surface area contributed by atoms with Crippen LogP contribution < -0.4 is 20.1 Å². The van der Waals surface area contributed by atoms with Gasteiger partial charge in [-0.05, 0) is 6.07 Å². The van der Waals surface area contributed by atoms with Gasteiger partial charge in [0.2, 0.25) is 0 Å². The summed E-state index contributed by atoms with van der Waals surface area (Å²) in [5.74, 6) is 1.62. The van der Waals surface area contributed by atoms with E-state index < -0.39 is 0 Å². The van der Waals surface area contributed by atoms with Crippen LogP contribution in [0, 0.1) is 0 Å². The summed E-state index contributed by atoms with van der Waals surface area (Å²) in [7, 11) is 3.29. The molecule has 1 rings (SSSR count). The zero-order chi connectivity index (χ0) is 13.2. The van der Waals surface area contributed by atoms with E-state index in [1.807, 2.05) is 18.2 Å². The maximum atomic E-state index is 8.61. The van der Waals surface area contributed by atoms with Crippen LogP contribution in [0.15, 0.2) is 18.2 Å². The second-order valence-electron chi connectivity index (χ2n) is 3.83. The number of benzene rings is 1. The molecule has 0 aliphatic heterocycles. The SMILES string of the molecule is COc1ccc(CNCCNCCO)c(OC)c1. The molecule has 0 amide bonds. The number of nitrogens with one attached hydrogen (secondary N) is 2. The van der Waals surface area contributed by atoms with E-state index in [-0.39, 0.29) is 6.61 Å². The minimum Gasteiger partial charge on any atom is -0.497 e. The predicted molar refractivity (Wildman–Crippen MR) is 71.2 cm³/mol. The number of aliphatic hydroxyl groups excluding tert-OH is 1. The molecule has 0 atom stereocenters. The van der Waals surface area contributed by atoms with Gasteiger partial charge in [-0.3, -0.25) is 0 Å². The second kappa shape index (κ2) is 8.74. The Balaban J connectivity index is 2.37. The molecule has 0 saturated carbocycles. The van der Waals surface area contributed by atoms with E-state index in [2.05, 4.69) is 10.6 Å². The molecular weight excluding hydrogens is 232 g/mol. The summed E-state index contributed by atoms with van der Waals surface area (Å²) in [6, 6.07) is 5.79. The summed E-state index contributed by atoms with van der Waals surface area (Å²) >= 11 is 0. The normalized spacial score (nSPS) is 10.4. The lowest BCUT2D eigenvalue weighted by atomic mass is 10.2. The Bertz CT molecular complexity index is 345. The second-order valence-corrected chi connectivity index (χ2v) is 3.83. The van der Waals surface area contributed by atoms with E-state index in [0.29, 0.717) is 6.54 Å². The van der Waals surface area contributed by atoms with E-state index in [1.165, 1.54) is 0 Å². The molecule has 0 aliphatic rings.